The zero-order valence-electron chi connectivity index (χ0n) is 20.2. The van der Waals surface area contributed by atoms with Gasteiger partial charge >= 0.3 is 18.4 Å². The standard InChI is InChI=1S/C26H29F6N3O/c1-14-6-4-5-7-20(14)23-22-13-33-16(3)21(22)8-9-35(23)24(36)34-15(2)17-10-18(25(27,28)29)12-19(11-17)26(30,31)32/h4-7,10-12,15-16,21-23,33H,8-9,13H2,1-3H3,(H,34,36)/t15-,16?,21-,22-,23+/m1/s1. The highest BCUT2D eigenvalue weighted by Gasteiger charge is 2.46. The van der Waals surface area contributed by atoms with Crippen LogP contribution in [-0.4, -0.2) is 30.1 Å². The lowest BCUT2D eigenvalue weighted by molar-refractivity contribution is -0.143. The van der Waals surface area contributed by atoms with Crippen LogP contribution in [0.4, 0.5) is 31.1 Å². The van der Waals surface area contributed by atoms with Gasteiger partial charge in [0.1, 0.15) is 0 Å². The molecule has 5 atom stereocenters. The van der Waals surface area contributed by atoms with Crippen LogP contribution in [0.25, 0.3) is 0 Å². The van der Waals surface area contributed by atoms with E-state index >= 15 is 0 Å². The molecular weight excluding hydrogens is 484 g/mol. The van der Waals surface area contributed by atoms with E-state index in [1.165, 1.54) is 6.92 Å². The molecule has 2 amide bonds. The molecule has 4 nitrogen and oxygen atoms in total. The van der Waals surface area contributed by atoms with E-state index in [0.29, 0.717) is 31.1 Å². The fourth-order valence-electron chi connectivity index (χ4n) is 5.59. The van der Waals surface area contributed by atoms with Crippen molar-refractivity contribution < 1.29 is 31.1 Å². The molecule has 2 aliphatic rings. The van der Waals surface area contributed by atoms with Crippen molar-refractivity contribution in [1.29, 1.82) is 0 Å². The molecule has 0 aromatic heterocycles. The number of hydrogen-bond donors (Lipinski definition) is 2. The van der Waals surface area contributed by atoms with E-state index in [0.717, 1.165) is 17.5 Å². The Hall–Kier alpha value is -2.75. The third-order valence-electron chi connectivity index (χ3n) is 7.53. The lowest BCUT2D eigenvalue weighted by atomic mass is 9.76. The molecular formula is C26H29F6N3O. The summed E-state index contributed by atoms with van der Waals surface area (Å²) in [7, 11) is 0. The molecule has 36 heavy (non-hydrogen) atoms. The maximum Gasteiger partial charge on any atom is 0.416 e. The second kappa shape index (κ2) is 9.61. The largest absolute Gasteiger partial charge is 0.416 e. The van der Waals surface area contributed by atoms with Crippen LogP contribution in [0.5, 0.6) is 0 Å². The van der Waals surface area contributed by atoms with Gasteiger partial charge < -0.3 is 15.5 Å². The predicted molar refractivity (Wildman–Crippen MR) is 123 cm³/mol. The monoisotopic (exact) mass is 513 g/mol. The Morgan fingerprint density at radius 3 is 2.22 bits per heavy atom. The number of alkyl halides is 6. The second-order valence-electron chi connectivity index (χ2n) is 9.82. The van der Waals surface area contributed by atoms with E-state index in [9.17, 15) is 31.1 Å². The summed E-state index contributed by atoms with van der Waals surface area (Å²) in [6.07, 6.45) is -9.15. The fourth-order valence-corrected chi connectivity index (χ4v) is 5.59. The van der Waals surface area contributed by atoms with E-state index in [2.05, 4.69) is 17.6 Å². The zero-order chi connectivity index (χ0) is 26.4. The first-order valence-electron chi connectivity index (χ1n) is 11.9. The number of aryl methyl sites for hydroxylation is 1. The number of nitrogens with one attached hydrogen (secondary N) is 2. The smallest absolute Gasteiger partial charge is 0.331 e. The second-order valence-corrected chi connectivity index (χ2v) is 9.82. The molecule has 1 unspecified atom stereocenters. The molecule has 10 heteroatoms. The van der Waals surface area contributed by atoms with Crippen LogP contribution < -0.4 is 10.6 Å². The minimum absolute atomic E-state index is 0.0886. The molecule has 4 rings (SSSR count). The van der Waals surface area contributed by atoms with Gasteiger partial charge in [0.05, 0.1) is 23.2 Å². The minimum Gasteiger partial charge on any atom is -0.331 e. The number of hydrogen-bond acceptors (Lipinski definition) is 2. The van der Waals surface area contributed by atoms with Crippen LogP contribution in [0, 0.1) is 18.8 Å². The van der Waals surface area contributed by atoms with Crippen molar-refractivity contribution in [1.82, 2.24) is 15.5 Å². The summed E-state index contributed by atoms with van der Waals surface area (Å²) >= 11 is 0. The van der Waals surface area contributed by atoms with Crippen LogP contribution in [0.3, 0.4) is 0 Å². The Morgan fingerprint density at radius 1 is 1.03 bits per heavy atom. The highest BCUT2D eigenvalue weighted by atomic mass is 19.4. The molecule has 2 N–H and O–H groups in total. The summed E-state index contributed by atoms with van der Waals surface area (Å²) in [5, 5.41) is 6.14. The van der Waals surface area contributed by atoms with E-state index < -0.39 is 35.6 Å². The highest BCUT2D eigenvalue weighted by molar-refractivity contribution is 5.75. The Balaban J connectivity index is 1.64. The first-order chi connectivity index (χ1) is 16.8. The molecule has 2 fully saturated rings. The first-order valence-corrected chi connectivity index (χ1v) is 11.9. The number of benzene rings is 2. The molecule has 196 valence electrons. The average Bonchev–Trinajstić information content (AvgIpc) is 3.18. The summed E-state index contributed by atoms with van der Waals surface area (Å²) in [4.78, 5) is 15.1. The lowest BCUT2D eigenvalue weighted by Gasteiger charge is -2.44. The van der Waals surface area contributed by atoms with Crippen molar-refractivity contribution >= 4 is 6.03 Å². The van der Waals surface area contributed by atoms with Crippen molar-refractivity contribution in [3.8, 4) is 0 Å². The molecule has 2 heterocycles. The molecule has 0 bridgehead atoms. The number of rotatable bonds is 3. The van der Waals surface area contributed by atoms with Gasteiger partial charge in [-0.2, -0.15) is 26.3 Å². The minimum atomic E-state index is -4.95. The maximum absolute atomic E-state index is 13.5. The van der Waals surface area contributed by atoms with Crippen LogP contribution >= 0.6 is 0 Å². The third kappa shape index (κ3) is 5.19. The number of carbonyl (C=O) groups is 1. The molecule has 0 saturated carbocycles. The highest BCUT2D eigenvalue weighted by Crippen LogP contribution is 2.44. The summed E-state index contributed by atoms with van der Waals surface area (Å²) in [6, 6.07) is 7.59. The Morgan fingerprint density at radius 2 is 1.64 bits per heavy atom. The number of likely N-dealkylation sites (tertiary alicyclic amines) is 1. The topological polar surface area (TPSA) is 44.4 Å². The van der Waals surface area contributed by atoms with Crippen molar-refractivity contribution in [2.24, 2.45) is 11.8 Å². The van der Waals surface area contributed by atoms with E-state index in [1.807, 2.05) is 31.2 Å². The average molecular weight is 514 g/mol. The molecule has 2 aliphatic heterocycles. The van der Waals surface area contributed by atoms with Crippen molar-refractivity contribution in [2.75, 3.05) is 13.1 Å². The van der Waals surface area contributed by atoms with Gasteiger partial charge in [-0.1, -0.05) is 24.3 Å². The number of fused-ring (bicyclic) bond motifs is 1. The molecule has 0 radical (unpaired) electrons. The van der Waals surface area contributed by atoms with Crippen LogP contribution in [-0.2, 0) is 12.4 Å². The van der Waals surface area contributed by atoms with E-state index in [4.69, 9.17) is 0 Å². The lowest BCUT2D eigenvalue weighted by Crippen LogP contribution is -2.51. The molecule has 0 spiro atoms. The van der Waals surface area contributed by atoms with Crippen molar-refractivity contribution in [2.45, 2.75) is 57.7 Å². The summed E-state index contributed by atoms with van der Waals surface area (Å²) in [5.41, 5.74) is -1.06. The normalized spacial score (nSPS) is 25.4. The maximum atomic E-state index is 13.5. The summed E-state index contributed by atoms with van der Waals surface area (Å²) in [6.45, 7) is 6.62. The first kappa shape index (κ1) is 26.3. The van der Waals surface area contributed by atoms with Gasteiger partial charge in [0, 0.05) is 25.0 Å². The number of carbonyl (C=O) groups excluding carboxylic acids is 1. The number of piperidine rings is 1. The van der Waals surface area contributed by atoms with Crippen LogP contribution in [0.1, 0.15) is 60.2 Å². The predicted octanol–water partition coefficient (Wildman–Crippen LogP) is 6.47. The Labute approximate surface area is 206 Å². The fraction of sp³-hybridized carbons (Fsp3) is 0.500. The Bertz CT molecular complexity index is 1080. The van der Waals surface area contributed by atoms with Gasteiger partial charge in [0.25, 0.3) is 0 Å². The van der Waals surface area contributed by atoms with Gasteiger partial charge in [-0.3, -0.25) is 0 Å². The molecule has 2 aromatic carbocycles. The molecule has 2 saturated heterocycles. The Kier molecular flexibility index (Phi) is 7.02. The van der Waals surface area contributed by atoms with E-state index in [1.54, 1.807) is 4.90 Å². The van der Waals surface area contributed by atoms with Gasteiger partial charge in [0.2, 0.25) is 0 Å². The SMILES string of the molecule is Cc1ccccc1[C@H]1[C@@H]2CNC(C)[C@H]2CCN1C(=O)N[C@H](C)c1cc(C(F)(F)F)cc(C(F)(F)F)c1. The zero-order valence-corrected chi connectivity index (χ0v) is 20.2. The van der Waals surface area contributed by atoms with Crippen molar-refractivity contribution in [3.63, 3.8) is 0 Å². The third-order valence-corrected chi connectivity index (χ3v) is 7.53. The van der Waals surface area contributed by atoms with Crippen LogP contribution in [0.2, 0.25) is 0 Å². The van der Waals surface area contributed by atoms with Crippen molar-refractivity contribution in [3.05, 3.63) is 70.3 Å². The van der Waals surface area contributed by atoms with Gasteiger partial charge in [-0.25, -0.2) is 4.79 Å². The number of urea groups is 1. The quantitative estimate of drug-likeness (QED) is 0.462. The molecule has 0 aliphatic carbocycles. The number of nitrogens with zero attached hydrogens (tertiary/aromatic N) is 1. The van der Waals surface area contributed by atoms with E-state index in [-0.39, 0.29) is 29.6 Å². The van der Waals surface area contributed by atoms with Crippen LogP contribution in [0.15, 0.2) is 42.5 Å². The van der Waals surface area contributed by atoms with Gasteiger partial charge in [0.15, 0.2) is 0 Å². The number of halogens is 6. The van der Waals surface area contributed by atoms with Gasteiger partial charge in [-0.15, -0.1) is 0 Å². The summed E-state index contributed by atoms with van der Waals surface area (Å²) < 4.78 is 79.9. The number of amides is 2. The summed E-state index contributed by atoms with van der Waals surface area (Å²) in [5.74, 6) is 0.496. The van der Waals surface area contributed by atoms with Gasteiger partial charge in [-0.05, 0) is 68.0 Å². The molecule has 2 aromatic rings.